The van der Waals surface area contributed by atoms with Gasteiger partial charge in [0.2, 0.25) is 5.91 Å². The van der Waals surface area contributed by atoms with Crippen molar-refractivity contribution in [1.29, 1.82) is 0 Å². The third-order valence-electron chi connectivity index (χ3n) is 2.94. The maximum atomic E-state index is 11.9. The summed E-state index contributed by atoms with van der Waals surface area (Å²) in [5, 5.41) is 22.8. The molecule has 0 aliphatic carbocycles. The Hall–Kier alpha value is -2.41. The second-order valence-electron chi connectivity index (χ2n) is 4.53. The van der Waals surface area contributed by atoms with Crippen LogP contribution >= 0.6 is 0 Å². The molecule has 1 aromatic rings. The normalized spacial score (nSPS) is 13.2. The van der Waals surface area contributed by atoms with Crippen LogP contribution in [-0.2, 0) is 20.8 Å². The number of nitrogens with one attached hydrogen (secondary N) is 2. The fraction of sp³-hybridized carbons (Fsp3) is 0.357. The lowest BCUT2D eigenvalue weighted by molar-refractivity contribution is -0.143. The lowest BCUT2D eigenvalue weighted by atomic mass is 10.1. The molecule has 2 atom stereocenters. The molecular formula is C14H18N2O5. The van der Waals surface area contributed by atoms with Gasteiger partial charge in [0.1, 0.15) is 6.04 Å². The highest BCUT2D eigenvalue weighted by molar-refractivity contribution is 5.89. The summed E-state index contributed by atoms with van der Waals surface area (Å²) in [7, 11) is 1.44. The van der Waals surface area contributed by atoms with Crippen LogP contribution in [0.15, 0.2) is 30.3 Å². The summed E-state index contributed by atoms with van der Waals surface area (Å²) >= 11 is 0. The number of likely N-dealkylation sites (N-methyl/N-ethyl adjacent to an activating group) is 1. The van der Waals surface area contributed by atoms with Crippen molar-refractivity contribution in [3.8, 4) is 0 Å². The molecule has 7 nitrogen and oxygen atoms in total. The average molecular weight is 294 g/mol. The van der Waals surface area contributed by atoms with Gasteiger partial charge in [-0.3, -0.25) is 9.59 Å². The second kappa shape index (κ2) is 8.01. The Kier molecular flexibility index (Phi) is 6.35. The standard InChI is InChI=1S/C14H18N2O5/c1-15-10(8-12(17)18)13(19)16-11(14(20)21)7-9-5-3-2-4-6-9/h2-6,10-11,15H,7-8H2,1H3,(H,16,19)(H,17,18)(H,20,21)/t10?,11-/m0/s1. The zero-order valence-electron chi connectivity index (χ0n) is 11.6. The zero-order valence-corrected chi connectivity index (χ0v) is 11.6. The Morgan fingerprint density at radius 2 is 1.71 bits per heavy atom. The number of carboxylic acids is 2. The van der Waals surface area contributed by atoms with Gasteiger partial charge in [-0.25, -0.2) is 4.79 Å². The molecule has 1 aromatic carbocycles. The fourth-order valence-corrected chi connectivity index (χ4v) is 1.82. The quantitative estimate of drug-likeness (QED) is 0.530. The first-order valence-electron chi connectivity index (χ1n) is 6.40. The minimum Gasteiger partial charge on any atom is -0.481 e. The molecule has 0 aromatic heterocycles. The van der Waals surface area contributed by atoms with Crippen LogP contribution in [0.2, 0.25) is 0 Å². The van der Waals surface area contributed by atoms with Gasteiger partial charge in [0.15, 0.2) is 0 Å². The lowest BCUT2D eigenvalue weighted by Crippen LogP contribution is -2.50. The molecule has 0 radical (unpaired) electrons. The number of amides is 1. The van der Waals surface area contributed by atoms with Gasteiger partial charge in [-0.15, -0.1) is 0 Å². The Morgan fingerprint density at radius 1 is 1.10 bits per heavy atom. The smallest absolute Gasteiger partial charge is 0.326 e. The molecule has 0 saturated carbocycles. The molecule has 0 spiro atoms. The highest BCUT2D eigenvalue weighted by Gasteiger charge is 2.26. The molecule has 1 amide bonds. The average Bonchev–Trinajstić information content (AvgIpc) is 2.44. The number of hydrogen-bond donors (Lipinski definition) is 4. The highest BCUT2D eigenvalue weighted by Crippen LogP contribution is 2.04. The van der Waals surface area contributed by atoms with E-state index in [4.69, 9.17) is 10.2 Å². The van der Waals surface area contributed by atoms with Crippen LogP contribution in [0.3, 0.4) is 0 Å². The predicted molar refractivity (Wildman–Crippen MR) is 74.8 cm³/mol. The summed E-state index contributed by atoms with van der Waals surface area (Å²) in [6, 6.07) is 6.80. The minimum atomic E-state index is -1.17. The number of carbonyl (C=O) groups excluding carboxylic acids is 1. The van der Waals surface area contributed by atoms with Gasteiger partial charge in [0.25, 0.3) is 0 Å². The van der Waals surface area contributed by atoms with E-state index in [0.717, 1.165) is 5.56 Å². The summed E-state index contributed by atoms with van der Waals surface area (Å²) in [6.45, 7) is 0. The monoisotopic (exact) mass is 294 g/mol. The van der Waals surface area contributed by atoms with E-state index in [1.165, 1.54) is 7.05 Å². The van der Waals surface area contributed by atoms with Crippen molar-refractivity contribution in [3.63, 3.8) is 0 Å². The number of carboxylic acid groups (broad SMARTS) is 2. The Balaban J connectivity index is 2.71. The van der Waals surface area contributed by atoms with Crippen molar-refractivity contribution in [3.05, 3.63) is 35.9 Å². The largest absolute Gasteiger partial charge is 0.481 e. The molecule has 0 heterocycles. The van der Waals surface area contributed by atoms with Gasteiger partial charge < -0.3 is 20.8 Å². The molecule has 0 aliphatic rings. The van der Waals surface area contributed by atoms with Crippen LogP contribution < -0.4 is 10.6 Å². The van der Waals surface area contributed by atoms with E-state index in [9.17, 15) is 14.4 Å². The number of aliphatic carboxylic acids is 2. The van der Waals surface area contributed by atoms with E-state index in [1.807, 2.05) is 6.07 Å². The van der Waals surface area contributed by atoms with Crippen LogP contribution in [-0.4, -0.2) is 47.2 Å². The minimum absolute atomic E-state index is 0.130. The summed E-state index contributed by atoms with van der Waals surface area (Å²) in [4.78, 5) is 33.8. The van der Waals surface area contributed by atoms with Crippen LogP contribution in [0.4, 0.5) is 0 Å². The first-order valence-corrected chi connectivity index (χ1v) is 6.40. The van der Waals surface area contributed by atoms with Crippen LogP contribution in [0.25, 0.3) is 0 Å². The molecular weight excluding hydrogens is 276 g/mol. The van der Waals surface area contributed by atoms with E-state index in [-0.39, 0.29) is 6.42 Å². The third kappa shape index (κ3) is 5.62. The fourth-order valence-electron chi connectivity index (χ4n) is 1.82. The molecule has 0 bridgehead atoms. The molecule has 0 fully saturated rings. The van der Waals surface area contributed by atoms with Crippen LogP contribution in [0.5, 0.6) is 0 Å². The highest BCUT2D eigenvalue weighted by atomic mass is 16.4. The molecule has 0 aliphatic heterocycles. The molecule has 4 N–H and O–H groups in total. The molecule has 1 unspecified atom stereocenters. The number of carbonyl (C=O) groups is 3. The van der Waals surface area contributed by atoms with E-state index >= 15 is 0 Å². The molecule has 114 valence electrons. The maximum absolute atomic E-state index is 11.9. The Labute approximate surface area is 122 Å². The van der Waals surface area contributed by atoms with Crippen molar-refractivity contribution in [2.75, 3.05) is 7.05 Å². The van der Waals surface area contributed by atoms with Crippen molar-refractivity contribution in [2.45, 2.75) is 24.9 Å². The summed E-state index contributed by atoms with van der Waals surface area (Å²) in [5.41, 5.74) is 0.768. The van der Waals surface area contributed by atoms with Gasteiger partial charge >= 0.3 is 11.9 Å². The number of rotatable bonds is 8. The van der Waals surface area contributed by atoms with Gasteiger partial charge in [-0.1, -0.05) is 30.3 Å². The van der Waals surface area contributed by atoms with Crippen molar-refractivity contribution < 1.29 is 24.6 Å². The van der Waals surface area contributed by atoms with E-state index in [0.29, 0.717) is 0 Å². The van der Waals surface area contributed by atoms with Crippen LogP contribution in [0.1, 0.15) is 12.0 Å². The van der Waals surface area contributed by atoms with Crippen molar-refractivity contribution in [2.24, 2.45) is 0 Å². The lowest BCUT2D eigenvalue weighted by Gasteiger charge is -2.19. The summed E-state index contributed by atoms with van der Waals surface area (Å²) in [5.74, 6) is -2.96. The first-order chi connectivity index (χ1) is 9.93. The van der Waals surface area contributed by atoms with E-state index in [1.54, 1.807) is 24.3 Å². The predicted octanol–water partition coefficient (Wildman–Crippen LogP) is -0.139. The Bertz CT molecular complexity index is 503. The van der Waals surface area contributed by atoms with E-state index < -0.39 is 36.4 Å². The summed E-state index contributed by atoms with van der Waals surface area (Å²) < 4.78 is 0. The topological polar surface area (TPSA) is 116 Å². The molecule has 1 rings (SSSR count). The van der Waals surface area contributed by atoms with Gasteiger partial charge in [-0.05, 0) is 12.6 Å². The SMILES string of the molecule is CNC(CC(=O)O)C(=O)N[C@@H](Cc1ccccc1)C(=O)O. The number of benzene rings is 1. The first kappa shape index (κ1) is 16.6. The summed E-state index contributed by atoms with van der Waals surface area (Å²) in [6.07, 6.45) is -0.286. The third-order valence-corrected chi connectivity index (χ3v) is 2.94. The number of hydrogen-bond acceptors (Lipinski definition) is 4. The van der Waals surface area contributed by atoms with Gasteiger partial charge in [0, 0.05) is 6.42 Å². The Morgan fingerprint density at radius 3 is 2.19 bits per heavy atom. The van der Waals surface area contributed by atoms with Gasteiger partial charge in [0.05, 0.1) is 12.5 Å². The van der Waals surface area contributed by atoms with Crippen molar-refractivity contribution in [1.82, 2.24) is 10.6 Å². The molecule has 21 heavy (non-hydrogen) atoms. The van der Waals surface area contributed by atoms with Crippen molar-refractivity contribution >= 4 is 17.8 Å². The van der Waals surface area contributed by atoms with Crippen LogP contribution in [0, 0.1) is 0 Å². The molecule has 7 heteroatoms. The second-order valence-corrected chi connectivity index (χ2v) is 4.53. The molecule has 0 saturated heterocycles. The zero-order chi connectivity index (χ0) is 15.8. The van der Waals surface area contributed by atoms with Gasteiger partial charge in [-0.2, -0.15) is 0 Å². The maximum Gasteiger partial charge on any atom is 0.326 e. The van der Waals surface area contributed by atoms with E-state index in [2.05, 4.69) is 10.6 Å².